The van der Waals surface area contributed by atoms with Crippen LogP contribution in [-0.2, 0) is 33.3 Å². The van der Waals surface area contributed by atoms with Crippen molar-refractivity contribution in [2.24, 2.45) is 0 Å². The Morgan fingerprint density at radius 1 is 0.356 bits per heavy atom. The van der Waals surface area contributed by atoms with Gasteiger partial charge in [0.2, 0.25) is 0 Å². The van der Waals surface area contributed by atoms with Crippen molar-refractivity contribution in [3.8, 4) is 0 Å². The Morgan fingerprint density at radius 3 is 0.977 bits per heavy atom. The van der Waals surface area contributed by atoms with Crippen LogP contribution >= 0.6 is 0 Å². The van der Waals surface area contributed by atoms with Gasteiger partial charge in [0, 0.05) is 12.8 Å². The van der Waals surface area contributed by atoms with Gasteiger partial charge in [-0.1, -0.05) is 324 Å². The first-order valence-electron chi connectivity index (χ1n) is 37.1. The van der Waals surface area contributed by atoms with E-state index in [0.29, 0.717) is 17.4 Å². The Balaban J connectivity index is 4.00. The second kappa shape index (κ2) is 68.6. The fourth-order valence-electron chi connectivity index (χ4n) is 10.8. The molecule has 506 valence electrons. The number of likely N-dealkylation sites (N-methyl/N-ethyl adjacent to an activating group) is 1. The SMILES string of the molecule is CC/C=C\C/C=C\C/C=C\C/C=C\CCCCCCCCCCCCCCC(=O)OC(COC(=O)CCCCCCCCCCCCCCCCCCCCCCCCCCC/C=C\C/C=C\CCCCCCC)COC(OCC[N+](C)(C)C)C(=O)O. The lowest BCUT2D eigenvalue weighted by molar-refractivity contribution is -0.870. The monoisotopic (exact) mass is 1220 g/mol. The third-order valence-electron chi connectivity index (χ3n) is 16.4. The molecule has 9 nitrogen and oxygen atoms in total. The second-order valence-corrected chi connectivity index (χ2v) is 26.2. The van der Waals surface area contributed by atoms with Crippen molar-refractivity contribution >= 4 is 17.9 Å². The average molecular weight is 1220 g/mol. The predicted molar refractivity (Wildman–Crippen MR) is 373 cm³/mol. The second-order valence-electron chi connectivity index (χ2n) is 26.2. The van der Waals surface area contributed by atoms with E-state index in [0.717, 1.165) is 70.6 Å². The van der Waals surface area contributed by atoms with Gasteiger partial charge in [0.25, 0.3) is 6.29 Å². The molecule has 0 aromatic rings. The molecule has 0 saturated heterocycles. The first-order chi connectivity index (χ1) is 42.6. The molecule has 0 saturated carbocycles. The number of hydrogen-bond donors (Lipinski definition) is 1. The number of nitrogens with zero attached hydrogens (tertiary/aromatic N) is 1. The van der Waals surface area contributed by atoms with Crippen molar-refractivity contribution in [2.75, 3.05) is 47.5 Å². The highest BCUT2D eigenvalue weighted by atomic mass is 16.7. The van der Waals surface area contributed by atoms with Gasteiger partial charge in [0.05, 0.1) is 34.4 Å². The van der Waals surface area contributed by atoms with Gasteiger partial charge in [-0.25, -0.2) is 4.79 Å². The number of aliphatic carboxylic acids is 1. The third kappa shape index (κ3) is 70.1. The minimum absolute atomic E-state index is 0.181. The molecule has 0 aliphatic heterocycles. The molecular formula is C78H142NO8+. The Labute approximate surface area is 538 Å². The van der Waals surface area contributed by atoms with Crippen LogP contribution < -0.4 is 0 Å². The Kier molecular flexibility index (Phi) is 66.1. The first kappa shape index (κ1) is 83.7. The van der Waals surface area contributed by atoms with Gasteiger partial charge in [0.15, 0.2) is 6.10 Å². The summed E-state index contributed by atoms with van der Waals surface area (Å²) in [4.78, 5) is 37.7. The van der Waals surface area contributed by atoms with Gasteiger partial charge in [-0.05, 0) is 83.5 Å². The summed E-state index contributed by atoms with van der Waals surface area (Å²) in [6, 6.07) is 0. The molecule has 0 rings (SSSR count). The summed E-state index contributed by atoms with van der Waals surface area (Å²) < 4.78 is 23.0. The highest BCUT2D eigenvalue weighted by Crippen LogP contribution is 2.19. The number of unbranched alkanes of at least 4 members (excludes halogenated alkanes) is 42. The molecule has 0 fully saturated rings. The first-order valence-corrected chi connectivity index (χ1v) is 37.1. The molecule has 2 atom stereocenters. The smallest absolute Gasteiger partial charge is 0.361 e. The third-order valence-corrected chi connectivity index (χ3v) is 16.4. The normalized spacial score (nSPS) is 13.1. The van der Waals surface area contributed by atoms with E-state index in [-0.39, 0.29) is 32.2 Å². The van der Waals surface area contributed by atoms with Gasteiger partial charge >= 0.3 is 17.9 Å². The van der Waals surface area contributed by atoms with Gasteiger partial charge in [-0.15, -0.1) is 0 Å². The highest BCUT2D eigenvalue weighted by molar-refractivity contribution is 5.71. The highest BCUT2D eigenvalue weighted by Gasteiger charge is 2.25. The molecule has 1 N–H and O–H groups in total. The molecule has 0 amide bonds. The number of carbonyl (C=O) groups excluding carboxylic acids is 2. The molecule has 9 heteroatoms. The van der Waals surface area contributed by atoms with E-state index in [1.807, 2.05) is 21.1 Å². The molecule has 0 radical (unpaired) electrons. The van der Waals surface area contributed by atoms with E-state index in [2.05, 4.69) is 86.8 Å². The zero-order valence-corrected chi connectivity index (χ0v) is 57.9. The number of carboxylic acid groups (broad SMARTS) is 1. The lowest BCUT2D eigenvalue weighted by Gasteiger charge is -2.25. The Morgan fingerprint density at radius 2 is 0.655 bits per heavy atom. The molecule has 2 unspecified atom stereocenters. The lowest BCUT2D eigenvalue weighted by atomic mass is 10.0. The maximum absolute atomic E-state index is 12.9. The molecule has 87 heavy (non-hydrogen) atoms. The topological polar surface area (TPSA) is 108 Å². The molecule has 0 heterocycles. The summed E-state index contributed by atoms with van der Waals surface area (Å²) in [6.45, 7) is 4.80. The minimum atomic E-state index is -1.51. The molecular weight excluding hydrogens is 1080 g/mol. The molecule has 0 bridgehead atoms. The zero-order valence-electron chi connectivity index (χ0n) is 57.9. The average Bonchev–Trinajstić information content (AvgIpc) is 3.59. The molecule has 0 aliphatic carbocycles. The van der Waals surface area contributed by atoms with Crippen LogP contribution in [-0.4, -0.2) is 87.4 Å². The number of quaternary nitrogens is 1. The van der Waals surface area contributed by atoms with E-state index >= 15 is 0 Å². The summed E-state index contributed by atoms with van der Waals surface area (Å²) in [6.07, 6.45) is 89.0. The van der Waals surface area contributed by atoms with E-state index < -0.39 is 24.3 Å². The van der Waals surface area contributed by atoms with Crippen LogP contribution in [0.2, 0.25) is 0 Å². The van der Waals surface area contributed by atoms with Crippen LogP contribution in [0, 0.1) is 0 Å². The van der Waals surface area contributed by atoms with Crippen molar-refractivity contribution in [3.63, 3.8) is 0 Å². The van der Waals surface area contributed by atoms with Gasteiger partial charge < -0.3 is 28.5 Å². The summed E-state index contributed by atoms with van der Waals surface area (Å²) in [5.41, 5.74) is 0. The van der Waals surface area contributed by atoms with Crippen LogP contribution in [0.3, 0.4) is 0 Å². The zero-order chi connectivity index (χ0) is 63.3. The number of carbonyl (C=O) groups is 3. The predicted octanol–water partition coefficient (Wildman–Crippen LogP) is 23.3. The van der Waals surface area contributed by atoms with Crippen molar-refractivity contribution in [1.82, 2.24) is 0 Å². The van der Waals surface area contributed by atoms with Gasteiger partial charge in [-0.3, -0.25) is 9.59 Å². The van der Waals surface area contributed by atoms with Crippen LogP contribution in [0.5, 0.6) is 0 Å². The maximum Gasteiger partial charge on any atom is 0.361 e. The molecule has 0 aromatic carbocycles. The number of allylic oxidation sites excluding steroid dienone is 12. The summed E-state index contributed by atoms with van der Waals surface area (Å²) in [7, 11) is 5.99. The van der Waals surface area contributed by atoms with Crippen molar-refractivity contribution in [1.29, 1.82) is 0 Å². The van der Waals surface area contributed by atoms with E-state index in [9.17, 15) is 19.5 Å². The number of esters is 2. The van der Waals surface area contributed by atoms with E-state index in [1.54, 1.807) is 0 Å². The summed E-state index contributed by atoms with van der Waals surface area (Å²) in [5.74, 6) is -1.99. The molecule has 0 aliphatic rings. The fourth-order valence-corrected chi connectivity index (χ4v) is 10.8. The summed E-state index contributed by atoms with van der Waals surface area (Å²) >= 11 is 0. The quantitative estimate of drug-likeness (QED) is 0.0211. The number of ether oxygens (including phenoxy) is 4. The van der Waals surface area contributed by atoms with Gasteiger partial charge in [0.1, 0.15) is 13.2 Å². The molecule has 0 spiro atoms. The van der Waals surface area contributed by atoms with Crippen LogP contribution in [0.25, 0.3) is 0 Å². The maximum atomic E-state index is 12.9. The van der Waals surface area contributed by atoms with Crippen LogP contribution in [0.4, 0.5) is 0 Å². The van der Waals surface area contributed by atoms with Crippen LogP contribution in [0.1, 0.15) is 348 Å². The van der Waals surface area contributed by atoms with Crippen molar-refractivity contribution in [3.05, 3.63) is 72.9 Å². The number of carboxylic acids is 1. The summed E-state index contributed by atoms with van der Waals surface area (Å²) in [5, 5.41) is 9.75. The lowest BCUT2D eigenvalue weighted by Crippen LogP contribution is -2.40. The largest absolute Gasteiger partial charge is 0.477 e. The van der Waals surface area contributed by atoms with Crippen molar-refractivity contribution in [2.45, 2.75) is 360 Å². The number of rotatable bonds is 69. The minimum Gasteiger partial charge on any atom is -0.477 e. The number of hydrogen-bond acceptors (Lipinski definition) is 7. The van der Waals surface area contributed by atoms with Crippen LogP contribution in [0.15, 0.2) is 72.9 Å². The molecule has 0 aromatic heterocycles. The fraction of sp³-hybridized carbons (Fsp3) is 0.808. The van der Waals surface area contributed by atoms with E-state index in [1.165, 1.54) is 250 Å². The standard InChI is InChI=1S/C78H141NO8/c1-6-8-10-12-14-16-18-20-22-24-26-28-30-32-33-34-35-36-37-38-39-40-41-42-43-45-46-48-50-52-54-56-58-60-62-64-66-68-75(80)85-72-74(73-86-78(77(82)83)84-71-70-79(3,4)5)87-76(81)69-67-65-63-61-59-57-55-53-51-49-47-44-31-29-27-25-23-21-19-17-15-13-11-9-7-2/h9,11,15,17-18,20-21,23-24,26-27,29,74,78H,6-8,10,12-14,16,19,22,25,28,30-73H2,1-5H3/p+1/b11-9-,17-15-,20-18-,23-21-,26-24-,29-27-. The van der Waals surface area contributed by atoms with E-state index in [4.69, 9.17) is 18.9 Å². The Bertz CT molecular complexity index is 1660. The van der Waals surface area contributed by atoms with Crippen molar-refractivity contribution < 1.29 is 42.9 Å². The Hall–Kier alpha value is -3.27. The van der Waals surface area contributed by atoms with Gasteiger partial charge in [-0.2, -0.15) is 0 Å².